The van der Waals surface area contributed by atoms with Crippen molar-refractivity contribution in [3.63, 3.8) is 0 Å². The molecule has 170 valence electrons. The van der Waals surface area contributed by atoms with Crippen LogP contribution in [0.25, 0.3) is 0 Å². The predicted molar refractivity (Wildman–Crippen MR) is 111 cm³/mol. The Morgan fingerprint density at radius 1 is 0.903 bits per heavy atom. The number of methoxy groups -OCH3 is 4. The molecule has 31 heavy (non-hydrogen) atoms. The Kier molecular flexibility index (Phi) is 7.92. The summed E-state index contributed by atoms with van der Waals surface area (Å²) in [5.41, 5.74) is 0.771. The molecule has 0 radical (unpaired) electrons. The zero-order chi connectivity index (χ0) is 23.2. The maximum atomic E-state index is 12.1. The smallest absolute Gasteiger partial charge is 0.488 e. The molecule has 1 aliphatic heterocycles. The average molecular weight is 457 g/mol. The molecule has 1 heterocycles. The van der Waals surface area contributed by atoms with Gasteiger partial charge in [0.15, 0.2) is 23.0 Å². The third-order valence-corrected chi connectivity index (χ3v) is 4.74. The van der Waals surface area contributed by atoms with Crippen LogP contribution in [0.3, 0.4) is 0 Å². The van der Waals surface area contributed by atoms with Gasteiger partial charge in [-0.25, -0.2) is 0 Å². The SMILES string of the molecule is COc1cc(N2C[C@@H](C)C2=O)cc(OC)c1OC.COc1ccccc1OS(=O)(=O)F. The van der Waals surface area contributed by atoms with E-state index in [0.717, 1.165) is 12.2 Å². The van der Waals surface area contributed by atoms with E-state index in [1.807, 2.05) is 6.92 Å². The van der Waals surface area contributed by atoms with Crippen LogP contribution >= 0.6 is 0 Å². The molecule has 1 amide bonds. The number of carbonyl (C=O) groups excluding carboxylic acids is 1. The molecule has 3 rings (SSSR count). The second kappa shape index (κ2) is 10.2. The van der Waals surface area contributed by atoms with Crippen molar-refractivity contribution in [1.82, 2.24) is 0 Å². The Hall–Kier alpha value is -3.21. The van der Waals surface area contributed by atoms with Crippen molar-refractivity contribution >= 4 is 22.1 Å². The minimum absolute atomic E-state index is 0.0871. The number of amides is 1. The highest BCUT2D eigenvalue weighted by Gasteiger charge is 2.34. The molecule has 0 bridgehead atoms. The molecule has 1 saturated heterocycles. The highest BCUT2D eigenvalue weighted by molar-refractivity contribution is 7.81. The van der Waals surface area contributed by atoms with Gasteiger partial charge in [0, 0.05) is 18.7 Å². The van der Waals surface area contributed by atoms with Crippen molar-refractivity contribution < 1.29 is 40.2 Å². The first-order valence-electron chi connectivity index (χ1n) is 9.03. The number of carbonyl (C=O) groups is 1. The van der Waals surface area contributed by atoms with Crippen molar-refractivity contribution in [3.05, 3.63) is 36.4 Å². The molecule has 0 N–H and O–H groups in total. The van der Waals surface area contributed by atoms with Gasteiger partial charge < -0.3 is 28.0 Å². The lowest BCUT2D eigenvalue weighted by Gasteiger charge is -2.36. The first-order chi connectivity index (χ1) is 14.6. The van der Waals surface area contributed by atoms with Crippen LogP contribution in [0.1, 0.15) is 6.92 Å². The van der Waals surface area contributed by atoms with E-state index in [1.54, 1.807) is 44.4 Å². The van der Waals surface area contributed by atoms with Crippen LogP contribution in [0, 0.1) is 5.92 Å². The Balaban J connectivity index is 0.000000233. The number of hydrogen-bond donors (Lipinski definition) is 0. The minimum Gasteiger partial charge on any atom is -0.493 e. The summed E-state index contributed by atoms with van der Waals surface area (Å²) in [6.45, 7) is 2.63. The number of hydrogen-bond acceptors (Lipinski definition) is 8. The summed E-state index contributed by atoms with van der Waals surface area (Å²) in [4.78, 5) is 13.4. The number of para-hydroxylation sites is 2. The lowest BCUT2D eigenvalue weighted by molar-refractivity contribution is -0.126. The number of nitrogens with zero attached hydrogens (tertiary/aromatic N) is 1. The van der Waals surface area contributed by atoms with Crippen molar-refractivity contribution in [2.75, 3.05) is 39.9 Å². The summed E-state index contributed by atoms with van der Waals surface area (Å²) in [5.74, 6) is 1.83. The van der Waals surface area contributed by atoms with Crippen LogP contribution in [0.15, 0.2) is 36.4 Å². The van der Waals surface area contributed by atoms with Crippen LogP contribution < -0.4 is 28.0 Å². The summed E-state index contributed by atoms with van der Waals surface area (Å²) < 4.78 is 56.8. The van der Waals surface area contributed by atoms with Gasteiger partial charge >= 0.3 is 10.5 Å². The first kappa shape index (κ1) is 24.1. The maximum absolute atomic E-state index is 12.1. The van der Waals surface area contributed by atoms with Crippen molar-refractivity contribution in [2.45, 2.75) is 6.92 Å². The largest absolute Gasteiger partial charge is 0.493 e. The number of β-lactam (4-membered cyclic amide) rings is 1. The molecule has 0 saturated carbocycles. The summed E-state index contributed by atoms with van der Waals surface area (Å²) in [6, 6.07) is 9.42. The molecular weight excluding hydrogens is 433 g/mol. The Labute approximate surface area is 180 Å². The normalized spacial score (nSPS) is 15.2. The Bertz CT molecular complexity index is 1000. The molecule has 2 aromatic carbocycles. The van der Waals surface area contributed by atoms with Crippen LogP contribution in [0.2, 0.25) is 0 Å². The second-order valence-electron chi connectivity index (χ2n) is 6.36. The monoisotopic (exact) mass is 457 g/mol. The van der Waals surface area contributed by atoms with Gasteiger partial charge in [0.1, 0.15) is 0 Å². The fourth-order valence-electron chi connectivity index (χ4n) is 2.85. The average Bonchev–Trinajstić information content (AvgIpc) is 2.75. The van der Waals surface area contributed by atoms with E-state index in [2.05, 4.69) is 4.18 Å². The zero-order valence-corrected chi connectivity index (χ0v) is 18.6. The Morgan fingerprint density at radius 3 is 1.81 bits per heavy atom. The van der Waals surface area contributed by atoms with Gasteiger partial charge in [-0.15, -0.1) is 0 Å². The van der Waals surface area contributed by atoms with Crippen molar-refractivity contribution in [1.29, 1.82) is 0 Å². The summed E-state index contributed by atoms with van der Waals surface area (Å²) in [6.07, 6.45) is 0. The molecule has 2 aromatic rings. The van der Waals surface area contributed by atoms with E-state index in [9.17, 15) is 17.1 Å². The molecule has 0 aromatic heterocycles. The molecule has 0 spiro atoms. The summed E-state index contributed by atoms with van der Waals surface area (Å²) in [5, 5.41) is 0. The number of halogens is 1. The fraction of sp³-hybridized carbons (Fsp3) is 0.350. The van der Waals surface area contributed by atoms with E-state index in [0.29, 0.717) is 17.2 Å². The van der Waals surface area contributed by atoms with Gasteiger partial charge in [-0.3, -0.25) is 4.79 Å². The fourth-order valence-corrected chi connectivity index (χ4v) is 3.20. The van der Waals surface area contributed by atoms with E-state index >= 15 is 0 Å². The van der Waals surface area contributed by atoms with Crippen molar-refractivity contribution in [3.8, 4) is 28.7 Å². The molecule has 9 nitrogen and oxygen atoms in total. The number of benzene rings is 2. The van der Waals surface area contributed by atoms with Gasteiger partial charge in [-0.2, -0.15) is 8.42 Å². The third kappa shape index (κ3) is 5.91. The molecular formula is C20H24FNO8S. The lowest BCUT2D eigenvalue weighted by atomic mass is 10.00. The standard InChI is InChI=1S/C13H17NO4.C7H7FO4S/c1-8-7-14(13(8)15)9-5-10(16-2)12(18-4)11(6-9)17-3;1-11-6-4-2-3-5-7(6)12-13(8,9)10/h5-6,8H,7H2,1-4H3;2-5H,1H3/t8-;/m1./s1. The van der Waals surface area contributed by atoms with Crippen LogP contribution in [-0.4, -0.2) is 49.3 Å². The molecule has 1 fully saturated rings. The lowest BCUT2D eigenvalue weighted by Crippen LogP contribution is -2.51. The molecule has 11 heteroatoms. The third-order valence-electron chi connectivity index (χ3n) is 4.36. The molecule has 1 aliphatic rings. The van der Waals surface area contributed by atoms with Gasteiger partial charge in [-0.1, -0.05) is 22.9 Å². The maximum Gasteiger partial charge on any atom is 0.488 e. The van der Waals surface area contributed by atoms with E-state index in [1.165, 1.54) is 25.3 Å². The predicted octanol–water partition coefficient (Wildman–Crippen LogP) is 2.98. The highest BCUT2D eigenvalue weighted by Crippen LogP contribution is 2.42. The van der Waals surface area contributed by atoms with E-state index in [-0.39, 0.29) is 23.3 Å². The van der Waals surface area contributed by atoms with Gasteiger partial charge in [0.05, 0.1) is 40.0 Å². The minimum atomic E-state index is -4.99. The molecule has 1 atom stereocenters. The first-order valence-corrected chi connectivity index (χ1v) is 10.3. The van der Waals surface area contributed by atoms with Crippen LogP contribution in [0.4, 0.5) is 9.57 Å². The topological polar surface area (TPSA) is 101 Å². The van der Waals surface area contributed by atoms with Gasteiger partial charge in [-0.05, 0) is 12.1 Å². The summed E-state index contributed by atoms with van der Waals surface area (Å²) >= 11 is 0. The van der Waals surface area contributed by atoms with E-state index < -0.39 is 10.5 Å². The second-order valence-corrected chi connectivity index (χ2v) is 7.31. The number of anilines is 1. The van der Waals surface area contributed by atoms with E-state index in [4.69, 9.17) is 18.9 Å². The quantitative estimate of drug-likeness (QED) is 0.462. The number of rotatable bonds is 7. The van der Waals surface area contributed by atoms with Crippen LogP contribution in [-0.2, 0) is 15.3 Å². The highest BCUT2D eigenvalue weighted by atomic mass is 32.3. The zero-order valence-electron chi connectivity index (χ0n) is 17.7. The van der Waals surface area contributed by atoms with Gasteiger partial charge in [0.2, 0.25) is 11.7 Å². The molecule has 0 unspecified atom stereocenters. The van der Waals surface area contributed by atoms with Gasteiger partial charge in [0.25, 0.3) is 0 Å². The summed E-state index contributed by atoms with van der Waals surface area (Å²) in [7, 11) is 1.00. The molecule has 0 aliphatic carbocycles. The Morgan fingerprint density at radius 2 is 1.42 bits per heavy atom. The number of ether oxygens (including phenoxy) is 4. The van der Waals surface area contributed by atoms with Crippen molar-refractivity contribution in [2.24, 2.45) is 5.92 Å². The van der Waals surface area contributed by atoms with Crippen LogP contribution in [0.5, 0.6) is 28.7 Å².